The van der Waals surface area contributed by atoms with Crippen LogP contribution in [0, 0.1) is 0 Å². The maximum atomic E-state index is 12.8. The molecule has 0 aliphatic heterocycles. The first-order chi connectivity index (χ1) is 15.4. The van der Waals surface area contributed by atoms with Crippen molar-refractivity contribution in [3.63, 3.8) is 0 Å². The monoisotopic (exact) mass is 443 g/mol. The van der Waals surface area contributed by atoms with Gasteiger partial charge >= 0.3 is 6.18 Å². The standard InChI is InChI=1S/C21H20F3N7O/c22-21(23,24)16-5-3-14(4-6-16)12-31-13-28-17-18(26-8-9-32)29-20(30-19(17)31)27-11-15-2-1-7-25-10-15/h1-7,10,13,32H,8-9,11-12H2,(H2,26,27,29,30). The molecule has 0 aliphatic rings. The SMILES string of the molecule is OCCNc1nc(NCc2cccnc2)nc2c1ncn2Cc1ccc(C(F)(F)F)cc1. The van der Waals surface area contributed by atoms with Crippen molar-refractivity contribution in [1.82, 2.24) is 24.5 Å². The summed E-state index contributed by atoms with van der Waals surface area (Å²) >= 11 is 0. The zero-order chi connectivity index (χ0) is 22.6. The number of pyridine rings is 1. The molecule has 3 heterocycles. The molecule has 0 amide bonds. The number of alkyl halides is 3. The van der Waals surface area contributed by atoms with Crippen molar-refractivity contribution in [2.24, 2.45) is 0 Å². The lowest BCUT2D eigenvalue weighted by Gasteiger charge is -2.11. The van der Waals surface area contributed by atoms with E-state index in [4.69, 9.17) is 5.11 Å². The number of hydrogen-bond donors (Lipinski definition) is 3. The summed E-state index contributed by atoms with van der Waals surface area (Å²) in [6.45, 7) is 0.926. The van der Waals surface area contributed by atoms with Gasteiger partial charge in [-0.3, -0.25) is 4.98 Å². The van der Waals surface area contributed by atoms with Crippen LogP contribution in [0.2, 0.25) is 0 Å². The third kappa shape index (κ3) is 4.94. The average molecular weight is 443 g/mol. The number of imidazole rings is 1. The number of hydrogen-bond acceptors (Lipinski definition) is 7. The van der Waals surface area contributed by atoms with Gasteiger partial charge in [-0.1, -0.05) is 18.2 Å². The van der Waals surface area contributed by atoms with Crippen LogP contribution < -0.4 is 10.6 Å². The molecular weight excluding hydrogens is 423 g/mol. The maximum absolute atomic E-state index is 12.8. The lowest BCUT2D eigenvalue weighted by molar-refractivity contribution is -0.137. The highest BCUT2D eigenvalue weighted by molar-refractivity contribution is 5.84. The van der Waals surface area contributed by atoms with Crippen LogP contribution >= 0.6 is 0 Å². The van der Waals surface area contributed by atoms with Crippen molar-refractivity contribution < 1.29 is 18.3 Å². The summed E-state index contributed by atoms with van der Waals surface area (Å²) < 4.78 is 40.2. The summed E-state index contributed by atoms with van der Waals surface area (Å²) in [5.41, 5.74) is 1.92. The Hall–Kier alpha value is -3.73. The fourth-order valence-electron chi connectivity index (χ4n) is 3.12. The van der Waals surface area contributed by atoms with E-state index < -0.39 is 11.7 Å². The number of anilines is 2. The van der Waals surface area contributed by atoms with Gasteiger partial charge in [0.05, 0.1) is 25.0 Å². The molecule has 3 aromatic heterocycles. The Balaban J connectivity index is 1.62. The van der Waals surface area contributed by atoms with Crippen molar-refractivity contribution in [2.45, 2.75) is 19.3 Å². The minimum atomic E-state index is -4.38. The van der Waals surface area contributed by atoms with E-state index in [2.05, 4.69) is 30.6 Å². The molecule has 4 rings (SSSR count). The molecule has 0 bridgehead atoms. The number of aromatic nitrogens is 5. The van der Waals surface area contributed by atoms with Crippen LogP contribution in [0.15, 0.2) is 55.1 Å². The first kappa shape index (κ1) is 21.5. The van der Waals surface area contributed by atoms with Gasteiger partial charge in [-0.05, 0) is 29.3 Å². The zero-order valence-electron chi connectivity index (χ0n) is 16.8. The van der Waals surface area contributed by atoms with E-state index in [0.717, 1.165) is 17.7 Å². The van der Waals surface area contributed by atoms with Crippen LogP contribution in [-0.4, -0.2) is 42.8 Å². The number of rotatable bonds is 8. The Morgan fingerprint density at radius 2 is 1.81 bits per heavy atom. The van der Waals surface area contributed by atoms with Crippen molar-refractivity contribution >= 4 is 22.9 Å². The second-order valence-corrected chi connectivity index (χ2v) is 7.00. The number of benzene rings is 1. The van der Waals surface area contributed by atoms with Gasteiger partial charge in [0.1, 0.15) is 0 Å². The molecule has 0 fully saturated rings. The molecule has 0 saturated heterocycles. The second-order valence-electron chi connectivity index (χ2n) is 7.00. The van der Waals surface area contributed by atoms with E-state index in [1.54, 1.807) is 23.3 Å². The van der Waals surface area contributed by atoms with Gasteiger partial charge in [0, 0.05) is 25.5 Å². The van der Waals surface area contributed by atoms with E-state index in [1.807, 2.05) is 12.1 Å². The van der Waals surface area contributed by atoms with Crippen molar-refractivity contribution in [2.75, 3.05) is 23.8 Å². The number of fused-ring (bicyclic) bond motifs is 1. The Morgan fingerprint density at radius 3 is 2.50 bits per heavy atom. The Kier molecular flexibility index (Phi) is 6.17. The summed E-state index contributed by atoms with van der Waals surface area (Å²) in [4.78, 5) is 17.4. The molecule has 166 valence electrons. The van der Waals surface area contributed by atoms with E-state index in [9.17, 15) is 13.2 Å². The van der Waals surface area contributed by atoms with E-state index in [1.165, 1.54) is 12.1 Å². The van der Waals surface area contributed by atoms with Gasteiger partial charge in [-0.2, -0.15) is 23.1 Å². The lowest BCUT2D eigenvalue weighted by Crippen LogP contribution is -2.11. The molecule has 3 N–H and O–H groups in total. The van der Waals surface area contributed by atoms with E-state index >= 15 is 0 Å². The van der Waals surface area contributed by atoms with Crippen molar-refractivity contribution in [3.8, 4) is 0 Å². The lowest BCUT2D eigenvalue weighted by atomic mass is 10.1. The van der Waals surface area contributed by atoms with Crippen LogP contribution in [0.1, 0.15) is 16.7 Å². The molecule has 0 atom stereocenters. The number of nitrogens with one attached hydrogen (secondary N) is 2. The summed E-state index contributed by atoms with van der Waals surface area (Å²) in [5.74, 6) is 0.792. The Morgan fingerprint density at radius 1 is 1.00 bits per heavy atom. The van der Waals surface area contributed by atoms with E-state index in [-0.39, 0.29) is 19.7 Å². The van der Waals surface area contributed by atoms with Crippen molar-refractivity contribution in [3.05, 3.63) is 71.8 Å². The summed E-state index contributed by atoms with van der Waals surface area (Å²) in [5, 5.41) is 15.3. The summed E-state index contributed by atoms with van der Waals surface area (Å²) in [6.07, 6.45) is 0.593. The highest BCUT2D eigenvalue weighted by atomic mass is 19.4. The normalized spacial score (nSPS) is 11.6. The predicted molar refractivity (Wildman–Crippen MR) is 113 cm³/mol. The minimum Gasteiger partial charge on any atom is -0.395 e. The molecule has 11 heteroatoms. The maximum Gasteiger partial charge on any atom is 0.416 e. The number of nitrogens with zero attached hydrogens (tertiary/aromatic N) is 5. The molecule has 1 aromatic carbocycles. The average Bonchev–Trinajstić information content (AvgIpc) is 3.19. The molecule has 0 radical (unpaired) electrons. The Labute approximate surface area is 181 Å². The number of aliphatic hydroxyl groups is 1. The van der Waals surface area contributed by atoms with E-state index in [0.29, 0.717) is 35.0 Å². The molecule has 0 unspecified atom stereocenters. The summed E-state index contributed by atoms with van der Waals surface area (Å²) in [7, 11) is 0. The Bertz CT molecular complexity index is 1180. The fourth-order valence-corrected chi connectivity index (χ4v) is 3.12. The van der Waals surface area contributed by atoms with Crippen LogP contribution in [-0.2, 0) is 19.3 Å². The smallest absolute Gasteiger partial charge is 0.395 e. The van der Waals surface area contributed by atoms with Crippen molar-refractivity contribution in [1.29, 1.82) is 0 Å². The third-order valence-electron chi connectivity index (χ3n) is 4.68. The molecule has 0 aliphatic carbocycles. The number of aliphatic hydroxyl groups excluding tert-OH is 1. The topological polar surface area (TPSA) is 101 Å². The molecule has 8 nitrogen and oxygen atoms in total. The van der Waals surface area contributed by atoms with Gasteiger partial charge in [0.15, 0.2) is 17.0 Å². The largest absolute Gasteiger partial charge is 0.416 e. The first-order valence-corrected chi connectivity index (χ1v) is 9.80. The molecular formula is C21H20F3N7O. The van der Waals surface area contributed by atoms with Crippen LogP contribution in [0.25, 0.3) is 11.2 Å². The summed E-state index contributed by atoms with van der Waals surface area (Å²) in [6, 6.07) is 8.72. The molecule has 32 heavy (non-hydrogen) atoms. The van der Waals surface area contributed by atoms with Crippen LogP contribution in [0.4, 0.5) is 24.9 Å². The zero-order valence-corrected chi connectivity index (χ0v) is 16.8. The van der Waals surface area contributed by atoms with Gasteiger partial charge in [-0.25, -0.2) is 4.98 Å². The van der Waals surface area contributed by atoms with Gasteiger partial charge in [0.25, 0.3) is 0 Å². The minimum absolute atomic E-state index is 0.0871. The van der Waals surface area contributed by atoms with Crippen LogP contribution in [0.5, 0.6) is 0 Å². The second kappa shape index (κ2) is 9.18. The van der Waals surface area contributed by atoms with Crippen LogP contribution in [0.3, 0.4) is 0 Å². The van der Waals surface area contributed by atoms with Gasteiger partial charge in [-0.15, -0.1) is 0 Å². The highest BCUT2D eigenvalue weighted by Crippen LogP contribution is 2.29. The third-order valence-corrected chi connectivity index (χ3v) is 4.68. The quantitative estimate of drug-likeness (QED) is 0.384. The molecule has 0 saturated carbocycles. The fraction of sp³-hybridized carbons (Fsp3) is 0.238. The molecule has 0 spiro atoms. The highest BCUT2D eigenvalue weighted by Gasteiger charge is 2.29. The van der Waals surface area contributed by atoms with Gasteiger partial charge in [0.2, 0.25) is 5.95 Å². The molecule has 4 aromatic rings. The predicted octanol–water partition coefficient (Wildman–Crippen LogP) is 3.30. The first-order valence-electron chi connectivity index (χ1n) is 9.80. The number of halogens is 3. The van der Waals surface area contributed by atoms with Gasteiger partial charge < -0.3 is 20.3 Å².